The van der Waals surface area contributed by atoms with Gasteiger partial charge in [-0.25, -0.2) is 4.68 Å². The molecule has 0 bridgehead atoms. The third kappa shape index (κ3) is 4.63. The van der Waals surface area contributed by atoms with Crippen molar-refractivity contribution in [2.45, 2.75) is 56.8 Å². The van der Waals surface area contributed by atoms with E-state index in [1.165, 1.54) is 23.6 Å². The first-order valence-corrected chi connectivity index (χ1v) is 12.7. The zero-order chi connectivity index (χ0) is 26.7. The Morgan fingerprint density at radius 2 is 2.08 bits per heavy atom. The van der Waals surface area contributed by atoms with Gasteiger partial charge in [0.15, 0.2) is 12.3 Å². The van der Waals surface area contributed by atoms with Gasteiger partial charge in [0.2, 0.25) is 0 Å². The van der Waals surface area contributed by atoms with Gasteiger partial charge in [0.1, 0.15) is 17.1 Å². The number of fused-ring (bicyclic) bond motifs is 3. The molecule has 1 atom stereocenters. The summed E-state index contributed by atoms with van der Waals surface area (Å²) in [5, 5.41) is 15.0. The molecule has 2 N–H and O–H groups in total. The van der Waals surface area contributed by atoms with Crippen LogP contribution in [0.1, 0.15) is 63.4 Å². The van der Waals surface area contributed by atoms with Crippen molar-refractivity contribution < 1.29 is 27.5 Å². The maximum Gasteiger partial charge on any atom is 0.422 e. The number of halogens is 3. The molecule has 6 rings (SSSR count). The molecule has 38 heavy (non-hydrogen) atoms. The molecule has 3 heterocycles. The molecule has 3 aliphatic rings. The number of benzene rings is 1. The summed E-state index contributed by atoms with van der Waals surface area (Å²) in [6, 6.07) is 6.45. The van der Waals surface area contributed by atoms with E-state index in [1.54, 1.807) is 36.1 Å². The molecule has 1 saturated carbocycles. The lowest BCUT2D eigenvalue weighted by atomic mass is 9.82. The van der Waals surface area contributed by atoms with Crippen LogP contribution in [0.3, 0.4) is 0 Å². The number of ether oxygens (including phenoxy) is 1. The fourth-order valence-electron chi connectivity index (χ4n) is 5.49. The lowest BCUT2D eigenvalue weighted by Crippen LogP contribution is -2.49. The fourth-order valence-corrected chi connectivity index (χ4v) is 5.49. The first-order chi connectivity index (χ1) is 18.1. The van der Waals surface area contributed by atoms with Gasteiger partial charge >= 0.3 is 6.18 Å². The number of aromatic nitrogens is 4. The first-order valence-electron chi connectivity index (χ1n) is 12.7. The van der Waals surface area contributed by atoms with Crippen molar-refractivity contribution >= 4 is 17.6 Å². The summed E-state index contributed by atoms with van der Waals surface area (Å²) in [7, 11) is 1.72. The molecular formula is C26H27F3N6O3. The van der Waals surface area contributed by atoms with Crippen LogP contribution in [-0.4, -0.2) is 44.2 Å². The van der Waals surface area contributed by atoms with E-state index in [1.807, 2.05) is 0 Å². The van der Waals surface area contributed by atoms with Crippen LogP contribution < -0.4 is 15.4 Å². The Balaban J connectivity index is 1.30. The van der Waals surface area contributed by atoms with Crippen molar-refractivity contribution in [1.82, 2.24) is 24.9 Å². The van der Waals surface area contributed by atoms with Gasteiger partial charge in [-0.15, -0.1) is 0 Å². The minimum atomic E-state index is -4.42. The maximum absolute atomic E-state index is 13.6. The number of anilines is 1. The molecular weight excluding hydrogens is 501 g/mol. The van der Waals surface area contributed by atoms with Crippen LogP contribution >= 0.6 is 0 Å². The molecule has 2 amide bonds. The van der Waals surface area contributed by atoms with Crippen molar-refractivity contribution in [3.05, 3.63) is 58.5 Å². The highest BCUT2D eigenvalue weighted by atomic mass is 19.4. The average Bonchev–Trinajstić information content (AvgIpc) is 3.35. The molecule has 1 spiro atoms. The summed E-state index contributed by atoms with van der Waals surface area (Å²) in [5.41, 5.74) is 2.13. The first kappa shape index (κ1) is 24.5. The van der Waals surface area contributed by atoms with Gasteiger partial charge in [-0.2, -0.15) is 23.4 Å². The highest BCUT2D eigenvalue weighted by Crippen LogP contribution is 2.44. The fraction of sp³-hybridized carbons (Fsp3) is 0.462. The van der Waals surface area contributed by atoms with Crippen molar-refractivity contribution in [1.29, 1.82) is 0 Å². The second-order valence-corrected chi connectivity index (χ2v) is 10.4. The number of nitrogens with one attached hydrogen (secondary N) is 2. The van der Waals surface area contributed by atoms with Gasteiger partial charge in [0, 0.05) is 26.2 Å². The molecule has 1 aliphatic heterocycles. The van der Waals surface area contributed by atoms with Crippen LogP contribution in [0.5, 0.6) is 5.75 Å². The second kappa shape index (κ2) is 8.88. The Bertz CT molecular complexity index is 1420. The lowest BCUT2D eigenvalue weighted by molar-refractivity contribution is -0.153. The van der Waals surface area contributed by atoms with Crippen molar-refractivity contribution in [3.8, 4) is 5.75 Å². The molecule has 200 valence electrons. The van der Waals surface area contributed by atoms with Crippen LogP contribution in [0.2, 0.25) is 0 Å². The van der Waals surface area contributed by atoms with Crippen LogP contribution in [0, 0.1) is 5.92 Å². The zero-order valence-electron chi connectivity index (χ0n) is 20.8. The van der Waals surface area contributed by atoms with Crippen molar-refractivity contribution in [2.24, 2.45) is 13.0 Å². The quantitative estimate of drug-likeness (QED) is 0.487. The summed E-state index contributed by atoms with van der Waals surface area (Å²) in [6.07, 6.45) is 2.08. The summed E-state index contributed by atoms with van der Waals surface area (Å²) in [6.45, 7) is -0.783. The Morgan fingerprint density at radius 3 is 2.79 bits per heavy atom. The minimum absolute atomic E-state index is 0.143. The lowest BCUT2D eigenvalue weighted by Gasteiger charge is -2.35. The molecule has 0 saturated heterocycles. The molecule has 1 aromatic carbocycles. The van der Waals surface area contributed by atoms with E-state index < -0.39 is 24.2 Å². The molecule has 0 unspecified atom stereocenters. The van der Waals surface area contributed by atoms with E-state index in [-0.39, 0.29) is 17.4 Å². The number of hydrogen-bond acceptors (Lipinski definition) is 5. The molecule has 9 nitrogen and oxygen atoms in total. The van der Waals surface area contributed by atoms with Crippen LogP contribution in [0.15, 0.2) is 30.5 Å². The van der Waals surface area contributed by atoms with Crippen LogP contribution in [0.25, 0.3) is 0 Å². The second-order valence-electron chi connectivity index (χ2n) is 10.4. The number of aryl methyl sites for hydroxylation is 3. The maximum atomic E-state index is 13.6. The normalized spacial score (nSPS) is 20.3. The van der Waals surface area contributed by atoms with E-state index in [4.69, 9.17) is 9.84 Å². The predicted octanol–water partition coefficient (Wildman–Crippen LogP) is 3.74. The molecule has 0 radical (unpaired) electrons. The number of carbonyl (C=O) groups is 2. The third-order valence-corrected chi connectivity index (χ3v) is 7.51. The number of nitrogens with zero attached hydrogens (tertiary/aromatic N) is 4. The SMILES string of the molecule is Cn1ccc(C(=O)Nc2c3c(nn2CCC2CC2)C[C@]2(CCc4cc(OCC(F)(F)F)ccc42)NC3=O)n1. The average molecular weight is 529 g/mol. The van der Waals surface area contributed by atoms with Gasteiger partial charge in [0.25, 0.3) is 11.8 Å². The van der Waals surface area contributed by atoms with Gasteiger partial charge < -0.3 is 15.4 Å². The smallest absolute Gasteiger partial charge is 0.422 e. The molecule has 2 aromatic heterocycles. The zero-order valence-corrected chi connectivity index (χ0v) is 20.8. The molecule has 12 heteroatoms. The topological polar surface area (TPSA) is 103 Å². The highest BCUT2D eigenvalue weighted by molar-refractivity contribution is 6.08. The monoisotopic (exact) mass is 528 g/mol. The number of rotatable bonds is 7. The Morgan fingerprint density at radius 1 is 1.26 bits per heavy atom. The van der Waals surface area contributed by atoms with Gasteiger partial charge in [0.05, 0.1) is 11.2 Å². The number of alkyl halides is 3. The van der Waals surface area contributed by atoms with Crippen LogP contribution in [0.4, 0.5) is 19.0 Å². The number of carbonyl (C=O) groups excluding carboxylic acids is 2. The van der Waals surface area contributed by atoms with E-state index in [0.29, 0.717) is 48.8 Å². The van der Waals surface area contributed by atoms with Gasteiger partial charge in [-0.3, -0.25) is 14.3 Å². The largest absolute Gasteiger partial charge is 0.484 e. The van der Waals surface area contributed by atoms with E-state index in [9.17, 15) is 22.8 Å². The van der Waals surface area contributed by atoms with E-state index in [0.717, 1.165) is 17.5 Å². The Kier molecular flexibility index (Phi) is 5.73. The van der Waals surface area contributed by atoms with Gasteiger partial charge in [-0.1, -0.05) is 18.9 Å². The number of amides is 2. The summed E-state index contributed by atoms with van der Waals surface area (Å²) in [5.74, 6) is 0.367. The summed E-state index contributed by atoms with van der Waals surface area (Å²) in [4.78, 5) is 26.5. The molecule has 2 aliphatic carbocycles. The van der Waals surface area contributed by atoms with E-state index in [2.05, 4.69) is 15.7 Å². The molecule has 3 aromatic rings. The Hall–Kier alpha value is -3.83. The standard InChI is InChI=1S/C26H27F3N6O3/c1-34-10-8-19(32-34)23(36)30-22-21-20(33-35(22)11-7-15-2-3-15)13-25(31-24(21)37)9-6-16-12-17(4-5-18(16)25)38-14-26(27,28)29/h4-5,8,10,12,15H,2-3,6-7,9,11,13-14H2,1H3,(H,30,36)(H,31,37)/t25-/m0/s1. The van der Waals surface area contributed by atoms with Gasteiger partial charge in [-0.05, 0) is 54.5 Å². The third-order valence-electron chi connectivity index (χ3n) is 7.51. The van der Waals surface area contributed by atoms with Crippen molar-refractivity contribution in [3.63, 3.8) is 0 Å². The van der Waals surface area contributed by atoms with Crippen molar-refractivity contribution in [2.75, 3.05) is 11.9 Å². The summed E-state index contributed by atoms with van der Waals surface area (Å²) < 4.78 is 45.9. The minimum Gasteiger partial charge on any atom is -0.484 e. The molecule has 1 fully saturated rings. The summed E-state index contributed by atoms with van der Waals surface area (Å²) >= 11 is 0. The Labute approximate surface area is 216 Å². The predicted molar refractivity (Wildman–Crippen MR) is 130 cm³/mol. The van der Waals surface area contributed by atoms with E-state index >= 15 is 0 Å². The van der Waals surface area contributed by atoms with Crippen LogP contribution in [-0.2, 0) is 32.0 Å². The highest BCUT2D eigenvalue weighted by Gasteiger charge is 2.47. The number of hydrogen-bond donors (Lipinski definition) is 2.